The maximum absolute atomic E-state index is 13.1. The van der Waals surface area contributed by atoms with E-state index in [-0.39, 0.29) is 17.4 Å². The van der Waals surface area contributed by atoms with Crippen LogP contribution in [0.4, 0.5) is 10.1 Å². The van der Waals surface area contributed by atoms with Crippen LogP contribution in [0.2, 0.25) is 0 Å². The van der Waals surface area contributed by atoms with E-state index in [4.69, 9.17) is 9.47 Å². The van der Waals surface area contributed by atoms with Gasteiger partial charge in [-0.3, -0.25) is 4.79 Å². The first-order chi connectivity index (χ1) is 15.0. The van der Waals surface area contributed by atoms with E-state index in [1.165, 1.54) is 16.8 Å². The molecule has 31 heavy (non-hydrogen) atoms. The summed E-state index contributed by atoms with van der Waals surface area (Å²) in [7, 11) is 1.58. The predicted octanol–water partition coefficient (Wildman–Crippen LogP) is 3.99. The predicted molar refractivity (Wildman–Crippen MR) is 118 cm³/mol. The van der Waals surface area contributed by atoms with Crippen LogP contribution >= 0.6 is 0 Å². The van der Waals surface area contributed by atoms with Crippen molar-refractivity contribution in [1.29, 1.82) is 0 Å². The molecule has 1 amide bonds. The van der Waals surface area contributed by atoms with Gasteiger partial charge in [-0.15, -0.1) is 0 Å². The Morgan fingerprint density at radius 3 is 2.52 bits per heavy atom. The van der Waals surface area contributed by atoms with Gasteiger partial charge < -0.3 is 19.7 Å². The number of carbonyl (C=O) groups is 1. The van der Waals surface area contributed by atoms with Crippen LogP contribution in [0.1, 0.15) is 24.3 Å². The van der Waals surface area contributed by atoms with Gasteiger partial charge in [0.15, 0.2) is 17.2 Å². The highest BCUT2D eigenvalue weighted by atomic mass is 19.1. The Balaban J connectivity index is 1.67. The first-order valence-electron chi connectivity index (χ1n) is 10.2. The third-order valence-corrected chi connectivity index (χ3v) is 4.89. The molecule has 0 aliphatic carbocycles. The number of benzene rings is 2. The van der Waals surface area contributed by atoms with Crippen molar-refractivity contribution >= 4 is 11.6 Å². The Morgan fingerprint density at radius 1 is 1.10 bits per heavy atom. The molecule has 1 N–H and O–H groups in total. The van der Waals surface area contributed by atoms with Gasteiger partial charge in [-0.25, -0.2) is 9.07 Å². The molecule has 0 atom stereocenters. The summed E-state index contributed by atoms with van der Waals surface area (Å²) in [5.41, 5.74) is 1.47. The monoisotopic (exact) mass is 426 g/mol. The van der Waals surface area contributed by atoms with Crippen molar-refractivity contribution in [1.82, 2.24) is 14.7 Å². The molecule has 0 aliphatic heterocycles. The fourth-order valence-corrected chi connectivity index (χ4v) is 3.07. The Bertz CT molecular complexity index is 1000. The van der Waals surface area contributed by atoms with E-state index in [9.17, 15) is 9.18 Å². The minimum Gasteiger partial charge on any atom is -0.493 e. The summed E-state index contributed by atoms with van der Waals surface area (Å²) in [5.74, 6) is 0.464. The van der Waals surface area contributed by atoms with Gasteiger partial charge in [-0.05, 0) is 55.6 Å². The van der Waals surface area contributed by atoms with Gasteiger partial charge in [0, 0.05) is 24.5 Å². The highest BCUT2D eigenvalue weighted by Crippen LogP contribution is 2.30. The molecule has 0 saturated carbocycles. The highest BCUT2D eigenvalue weighted by Gasteiger charge is 2.13. The van der Waals surface area contributed by atoms with Gasteiger partial charge >= 0.3 is 0 Å². The van der Waals surface area contributed by atoms with Gasteiger partial charge in [-0.1, -0.05) is 13.8 Å². The van der Waals surface area contributed by atoms with Gasteiger partial charge in [-0.2, -0.15) is 5.10 Å². The van der Waals surface area contributed by atoms with E-state index in [0.29, 0.717) is 29.5 Å². The second-order valence-electron chi connectivity index (χ2n) is 6.82. The van der Waals surface area contributed by atoms with Crippen molar-refractivity contribution in [2.24, 2.45) is 0 Å². The summed E-state index contributed by atoms with van der Waals surface area (Å²) in [6.45, 7) is 7.44. The Labute approximate surface area is 181 Å². The molecule has 0 fully saturated rings. The van der Waals surface area contributed by atoms with Gasteiger partial charge in [0.1, 0.15) is 12.4 Å². The smallest absolute Gasteiger partial charge is 0.276 e. The van der Waals surface area contributed by atoms with E-state index >= 15 is 0 Å². The quantitative estimate of drug-likeness (QED) is 0.531. The zero-order chi connectivity index (χ0) is 22.2. The van der Waals surface area contributed by atoms with Crippen LogP contribution in [0.3, 0.4) is 0 Å². The third-order valence-electron chi connectivity index (χ3n) is 4.89. The fourth-order valence-electron chi connectivity index (χ4n) is 3.07. The van der Waals surface area contributed by atoms with Crippen molar-refractivity contribution in [3.63, 3.8) is 0 Å². The zero-order valence-corrected chi connectivity index (χ0v) is 18.0. The second-order valence-corrected chi connectivity index (χ2v) is 6.82. The lowest BCUT2D eigenvalue weighted by Gasteiger charge is -2.19. The first kappa shape index (κ1) is 22.3. The molecule has 0 bridgehead atoms. The Morgan fingerprint density at radius 2 is 1.84 bits per heavy atom. The van der Waals surface area contributed by atoms with Crippen molar-refractivity contribution in [2.75, 3.05) is 38.7 Å². The number of anilines is 1. The highest BCUT2D eigenvalue weighted by molar-refractivity contribution is 6.03. The first-order valence-corrected chi connectivity index (χ1v) is 10.2. The molecule has 164 valence electrons. The number of aromatic nitrogens is 2. The molecule has 7 nitrogen and oxygen atoms in total. The number of hydrogen-bond donors (Lipinski definition) is 1. The van der Waals surface area contributed by atoms with E-state index in [0.717, 1.165) is 19.6 Å². The van der Waals surface area contributed by atoms with Gasteiger partial charge in [0.25, 0.3) is 5.91 Å². The number of likely N-dealkylation sites (N-methyl/N-ethyl adjacent to an activating group) is 1. The van der Waals surface area contributed by atoms with E-state index < -0.39 is 0 Å². The molecule has 3 aromatic rings. The maximum atomic E-state index is 13.1. The molecule has 8 heteroatoms. The number of rotatable bonds is 10. The number of nitrogens with zero attached hydrogens (tertiary/aromatic N) is 3. The number of amides is 1. The van der Waals surface area contributed by atoms with Crippen LogP contribution in [0, 0.1) is 5.82 Å². The normalized spacial score (nSPS) is 10.9. The zero-order valence-electron chi connectivity index (χ0n) is 18.0. The summed E-state index contributed by atoms with van der Waals surface area (Å²) in [4.78, 5) is 14.9. The lowest BCUT2D eigenvalue weighted by Crippen LogP contribution is -2.28. The number of halogens is 1. The molecular weight excluding hydrogens is 399 g/mol. The van der Waals surface area contributed by atoms with Crippen LogP contribution in [0.5, 0.6) is 11.5 Å². The summed E-state index contributed by atoms with van der Waals surface area (Å²) in [6.07, 6.45) is 1.65. The topological polar surface area (TPSA) is 68.6 Å². The molecular formula is C23H27FN4O3. The van der Waals surface area contributed by atoms with Crippen LogP contribution in [-0.4, -0.2) is 53.9 Å². The van der Waals surface area contributed by atoms with Crippen LogP contribution in [0.15, 0.2) is 54.7 Å². The minimum atomic E-state index is -0.361. The molecule has 2 aromatic carbocycles. The number of nitrogens with one attached hydrogen (secondary N) is 1. The van der Waals surface area contributed by atoms with Crippen LogP contribution in [0.25, 0.3) is 5.69 Å². The molecule has 0 spiro atoms. The number of methoxy groups -OCH3 is 1. The van der Waals surface area contributed by atoms with Gasteiger partial charge in [0.2, 0.25) is 0 Å². The minimum absolute atomic E-state index is 0.240. The van der Waals surface area contributed by atoms with E-state index in [1.54, 1.807) is 49.7 Å². The molecule has 0 aliphatic rings. The van der Waals surface area contributed by atoms with Crippen LogP contribution in [-0.2, 0) is 0 Å². The lowest BCUT2D eigenvalue weighted by atomic mass is 10.2. The summed E-state index contributed by atoms with van der Waals surface area (Å²) < 4.78 is 25.9. The molecule has 1 aromatic heterocycles. The molecule has 3 rings (SSSR count). The largest absolute Gasteiger partial charge is 0.493 e. The van der Waals surface area contributed by atoms with Gasteiger partial charge in [0.05, 0.1) is 12.8 Å². The Kier molecular flexibility index (Phi) is 7.61. The van der Waals surface area contributed by atoms with Crippen molar-refractivity contribution in [2.45, 2.75) is 13.8 Å². The van der Waals surface area contributed by atoms with Crippen molar-refractivity contribution in [3.05, 3.63) is 66.2 Å². The second kappa shape index (κ2) is 10.6. The summed E-state index contributed by atoms with van der Waals surface area (Å²) >= 11 is 0. The summed E-state index contributed by atoms with van der Waals surface area (Å²) in [5, 5.41) is 7.10. The summed E-state index contributed by atoms with van der Waals surface area (Å²) in [6, 6.07) is 12.7. The van der Waals surface area contributed by atoms with Crippen molar-refractivity contribution < 1.29 is 18.7 Å². The average molecular weight is 426 g/mol. The number of hydrogen-bond acceptors (Lipinski definition) is 5. The molecule has 0 saturated heterocycles. The van der Waals surface area contributed by atoms with Crippen molar-refractivity contribution in [3.8, 4) is 17.2 Å². The Hall–Kier alpha value is -3.39. The van der Waals surface area contributed by atoms with E-state index in [1.807, 2.05) is 0 Å². The lowest BCUT2D eigenvalue weighted by molar-refractivity contribution is 0.102. The van der Waals surface area contributed by atoms with Crippen LogP contribution < -0.4 is 14.8 Å². The average Bonchev–Trinajstić information content (AvgIpc) is 3.28. The maximum Gasteiger partial charge on any atom is 0.276 e. The number of ether oxygens (including phenoxy) is 2. The number of carbonyl (C=O) groups excluding carboxylic acids is 1. The molecule has 0 unspecified atom stereocenters. The molecule has 0 radical (unpaired) electrons. The molecule has 1 heterocycles. The van der Waals surface area contributed by atoms with E-state index in [2.05, 4.69) is 29.2 Å². The SMILES string of the molecule is CCN(CC)CCOc1cc(NC(=O)c2ccn(-c3ccc(F)cc3)n2)ccc1OC. The third kappa shape index (κ3) is 5.82. The standard InChI is InChI=1S/C23H27FN4O3/c1-4-27(5-2)14-15-31-22-16-18(8-11-21(22)30-3)25-23(29)20-12-13-28(26-20)19-9-6-17(24)7-10-19/h6-13,16H,4-5,14-15H2,1-3H3,(H,25,29). The fraction of sp³-hybridized carbons (Fsp3) is 0.304.